The monoisotopic (exact) mass is 337 g/mol. The van der Waals surface area contributed by atoms with Crippen LogP contribution in [0.2, 0.25) is 0 Å². The highest BCUT2D eigenvalue weighted by Crippen LogP contribution is 2.24. The first-order valence-corrected chi connectivity index (χ1v) is 8.45. The maximum absolute atomic E-state index is 12.8. The summed E-state index contributed by atoms with van der Waals surface area (Å²) in [5.41, 5.74) is 3.28. The Balaban J connectivity index is 1.82. The summed E-state index contributed by atoms with van der Waals surface area (Å²) in [6, 6.07) is 9.42. The Hall–Kier alpha value is -2.66. The van der Waals surface area contributed by atoms with Crippen molar-refractivity contribution in [2.24, 2.45) is 0 Å². The number of carbonyl (C=O) groups excluding carboxylic acids is 1. The summed E-state index contributed by atoms with van der Waals surface area (Å²) >= 11 is 0. The fourth-order valence-electron chi connectivity index (χ4n) is 2.89. The highest BCUT2D eigenvalue weighted by atomic mass is 16.5. The molecular formula is C20H23N3O2. The Bertz CT molecular complexity index is 795. The summed E-state index contributed by atoms with van der Waals surface area (Å²) in [7, 11) is 0. The first-order valence-electron chi connectivity index (χ1n) is 8.45. The molecule has 130 valence electrons. The van der Waals surface area contributed by atoms with Crippen LogP contribution < -0.4 is 10.1 Å². The minimum absolute atomic E-state index is 0.0526. The van der Waals surface area contributed by atoms with E-state index >= 15 is 0 Å². The van der Waals surface area contributed by atoms with Gasteiger partial charge >= 0.3 is 0 Å². The summed E-state index contributed by atoms with van der Waals surface area (Å²) in [5.74, 6) is 1.23. The van der Waals surface area contributed by atoms with Gasteiger partial charge in [0.2, 0.25) is 0 Å². The number of ether oxygens (including phenoxy) is 1. The number of carbonyl (C=O) groups is 1. The van der Waals surface area contributed by atoms with E-state index in [-0.39, 0.29) is 5.91 Å². The molecule has 2 heterocycles. The quantitative estimate of drug-likeness (QED) is 0.872. The number of pyridine rings is 1. The molecular weight excluding hydrogens is 314 g/mol. The Labute approximate surface area is 148 Å². The lowest BCUT2D eigenvalue weighted by Gasteiger charge is -2.27. The van der Waals surface area contributed by atoms with Crippen molar-refractivity contribution < 1.29 is 9.53 Å². The van der Waals surface area contributed by atoms with Gasteiger partial charge in [-0.25, -0.2) is 0 Å². The molecule has 0 radical (unpaired) electrons. The Morgan fingerprint density at radius 2 is 1.92 bits per heavy atom. The van der Waals surface area contributed by atoms with Gasteiger partial charge < -0.3 is 15.0 Å². The number of nitrogens with one attached hydrogen (secondary N) is 1. The summed E-state index contributed by atoms with van der Waals surface area (Å²) in [6.07, 6.45) is 1.72. The van der Waals surface area contributed by atoms with Crippen LogP contribution in [-0.2, 0) is 0 Å². The molecule has 0 spiro atoms. The molecule has 1 aromatic heterocycles. The maximum Gasteiger partial charge on any atom is 0.253 e. The van der Waals surface area contributed by atoms with E-state index in [0.29, 0.717) is 17.1 Å². The zero-order chi connectivity index (χ0) is 17.8. The lowest BCUT2D eigenvalue weighted by Crippen LogP contribution is -2.46. The van der Waals surface area contributed by atoms with Crippen LogP contribution in [0.15, 0.2) is 43.1 Å². The van der Waals surface area contributed by atoms with Crippen LogP contribution in [0.4, 0.5) is 0 Å². The number of aryl methyl sites for hydroxylation is 2. The van der Waals surface area contributed by atoms with E-state index in [2.05, 4.69) is 16.9 Å². The summed E-state index contributed by atoms with van der Waals surface area (Å²) in [5, 5.41) is 3.26. The van der Waals surface area contributed by atoms with Crippen molar-refractivity contribution in [1.82, 2.24) is 15.2 Å². The maximum atomic E-state index is 12.8. The average Bonchev–Trinajstić information content (AvgIpc) is 2.63. The predicted octanol–water partition coefficient (Wildman–Crippen LogP) is 2.79. The van der Waals surface area contributed by atoms with Crippen molar-refractivity contribution in [3.05, 3.63) is 65.5 Å². The largest absolute Gasteiger partial charge is 0.455 e. The van der Waals surface area contributed by atoms with Gasteiger partial charge in [-0.05, 0) is 49.7 Å². The van der Waals surface area contributed by atoms with Crippen LogP contribution in [0, 0.1) is 13.8 Å². The van der Waals surface area contributed by atoms with E-state index in [0.717, 1.165) is 43.0 Å². The summed E-state index contributed by atoms with van der Waals surface area (Å²) < 4.78 is 5.87. The number of hydrogen-bond donors (Lipinski definition) is 1. The van der Waals surface area contributed by atoms with E-state index in [1.54, 1.807) is 6.20 Å². The molecule has 0 bridgehead atoms. The highest BCUT2D eigenvalue weighted by Gasteiger charge is 2.19. The fraction of sp³-hybridized carbons (Fsp3) is 0.300. The molecule has 3 rings (SSSR count). The normalized spacial score (nSPS) is 14.2. The topological polar surface area (TPSA) is 54.5 Å². The van der Waals surface area contributed by atoms with E-state index in [9.17, 15) is 4.79 Å². The number of aromatic nitrogens is 1. The van der Waals surface area contributed by atoms with Crippen LogP contribution in [0.1, 0.15) is 27.2 Å². The molecule has 1 aliphatic rings. The third-order valence-electron chi connectivity index (χ3n) is 4.24. The lowest BCUT2D eigenvalue weighted by molar-refractivity contribution is 0.0735. The van der Waals surface area contributed by atoms with Crippen LogP contribution in [0.25, 0.3) is 5.76 Å². The van der Waals surface area contributed by atoms with E-state index in [1.807, 2.05) is 49.1 Å². The second-order valence-corrected chi connectivity index (χ2v) is 6.24. The number of nitrogens with zero attached hydrogens (tertiary/aromatic N) is 2. The molecule has 5 nitrogen and oxygen atoms in total. The van der Waals surface area contributed by atoms with Gasteiger partial charge in [-0.1, -0.05) is 6.58 Å². The molecule has 0 atom stereocenters. The lowest BCUT2D eigenvalue weighted by atomic mass is 10.0. The molecule has 1 saturated heterocycles. The van der Waals surface area contributed by atoms with Crippen molar-refractivity contribution in [3.8, 4) is 5.75 Å². The van der Waals surface area contributed by atoms with Crippen LogP contribution in [-0.4, -0.2) is 42.0 Å². The summed E-state index contributed by atoms with van der Waals surface area (Å²) in [6.45, 7) is 11.0. The number of rotatable bonds is 4. The van der Waals surface area contributed by atoms with Gasteiger partial charge in [0.1, 0.15) is 11.5 Å². The van der Waals surface area contributed by atoms with E-state index in [4.69, 9.17) is 4.74 Å². The first-order chi connectivity index (χ1) is 12.0. The number of benzene rings is 1. The first kappa shape index (κ1) is 17.2. The van der Waals surface area contributed by atoms with Gasteiger partial charge in [0.15, 0.2) is 0 Å². The molecule has 1 aromatic carbocycles. The van der Waals surface area contributed by atoms with Crippen LogP contribution in [0.3, 0.4) is 0 Å². The van der Waals surface area contributed by atoms with E-state index < -0.39 is 0 Å². The van der Waals surface area contributed by atoms with Crippen molar-refractivity contribution >= 4 is 11.7 Å². The van der Waals surface area contributed by atoms with Gasteiger partial charge in [-0.15, -0.1) is 0 Å². The second-order valence-electron chi connectivity index (χ2n) is 6.24. The van der Waals surface area contributed by atoms with Gasteiger partial charge in [0.25, 0.3) is 5.91 Å². The number of piperazine rings is 1. The Morgan fingerprint density at radius 1 is 1.20 bits per heavy atom. The van der Waals surface area contributed by atoms with Gasteiger partial charge in [0, 0.05) is 43.5 Å². The van der Waals surface area contributed by atoms with Gasteiger partial charge in [-0.3, -0.25) is 9.78 Å². The Kier molecular flexibility index (Phi) is 5.14. The molecule has 25 heavy (non-hydrogen) atoms. The minimum atomic E-state index is 0.0526. The zero-order valence-corrected chi connectivity index (χ0v) is 14.7. The van der Waals surface area contributed by atoms with Crippen LogP contribution >= 0.6 is 0 Å². The molecule has 1 fully saturated rings. The Morgan fingerprint density at radius 3 is 2.64 bits per heavy atom. The van der Waals surface area contributed by atoms with Gasteiger partial charge in [-0.2, -0.15) is 0 Å². The van der Waals surface area contributed by atoms with E-state index in [1.165, 1.54) is 0 Å². The minimum Gasteiger partial charge on any atom is -0.455 e. The molecule has 0 unspecified atom stereocenters. The average molecular weight is 337 g/mol. The SMILES string of the molecule is C=C(Oc1cccnc1C)c1cc(C)cc(C(=O)N2CCNCC2)c1. The van der Waals surface area contributed by atoms with Crippen molar-refractivity contribution in [3.63, 3.8) is 0 Å². The molecule has 2 aromatic rings. The molecule has 1 N–H and O–H groups in total. The fourth-order valence-corrected chi connectivity index (χ4v) is 2.89. The molecule has 1 aliphatic heterocycles. The zero-order valence-electron chi connectivity index (χ0n) is 14.7. The molecule has 0 saturated carbocycles. The number of hydrogen-bond acceptors (Lipinski definition) is 4. The third-order valence-corrected chi connectivity index (χ3v) is 4.24. The molecule has 5 heteroatoms. The predicted molar refractivity (Wildman–Crippen MR) is 98.6 cm³/mol. The molecule has 0 aliphatic carbocycles. The number of amides is 1. The van der Waals surface area contributed by atoms with Crippen molar-refractivity contribution in [2.45, 2.75) is 13.8 Å². The third kappa shape index (κ3) is 4.06. The van der Waals surface area contributed by atoms with Crippen molar-refractivity contribution in [1.29, 1.82) is 0 Å². The van der Waals surface area contributed by atoms with Crippen LogP contribution in [0.5, 0.6) is 5.75 Å². The standard InChI is InChI=1S/C20H23N3O2/c1-14-11-17(16(3)25-19-5-4-6-22-15(19)2)13-18(12-14)20(24)23-9-7-21-8-10-23/h4-6,11-13,21H,3,7-10H2,1-2H3. The molecule has 1 amide bonds. The van der Waals surface area contributed by atoms with Gasteiger partial charge in [0.05, 0.1) is 5.69 Å². The van der Waals surface area contributed by atoms with Crippen molar-refractivity contribution in [2.75, 3.05) is 26.2 Å². The summed E-state index contributed by atoms with van der Waals surface area (Å²) in [4.78, 5) is 18.9. The smallest absolute Gasteiger partial charge is 0.253 e. The second kappa shape index (κ2) is 7.49. The highest BCUT2D eigenvalue weighted by molar-refractivity contribution is 5.95.